The van der Waals surface area contributed by atoms with Gasteiger partial charge in [-0.05, 0) is 60.6 Å². The van der Waals surface area contributed by atoms with Crippen LogP contribution >= 0.6 is 28.1 Å². The highest BCUT2D eigenvalue weighted by Gasteiger charge is 2.19. The van der Waals surface area contributed by atoms with Gasteiger partial charge in [0, 0.05) is 18.7 Å². The Balaban J connectivity index is 2.58. The summed E-state index contributed by atoms with van der Waals surface area (Å²) in [4.78, 5) is 5.28. The molecule has 116 valence electrons. The first-order valence-corrected chi connectivity index (χ1v) is 8.23. The zero-order valence-electron chi connectivity index (χ0n) is 12.8. The van der Waals surface area contributed by atoms with Crippen LogP contribution in [0.1, 0.15) is 26.3 Å². The van der Waals surface area contributed by atoms with Crippen LogP contribution in [-0.4, -0.2) is 35.1 Å². The largest absolute Gasteiger partial charge is 0.330 e. The van der Waals surface area contributed by atoms with E-state index in [1.54, 1.807) is 6.07 Å². The summed E-state index contributed by atoms with van der Waals surface area (Å²) >= 11 is 8.74. The van der Waals surface area contributed by atoms with E-state index in [1.165, 1.54) is 6.07 Å². The van der Waals surface area contributed by atoms with E-state index in [0.717, 1.165) is 24.0 Å². The van der Waals surface area contributed by atoms with E-state index in [9.17, 15) is 4.39 Å². The van der Waals surface area contributed by atoms with Crippen molar-refractivity contribution in [2.45, 2.75) is 26.3 Å². The molecule has 0 aliphatic carbocycles. The van der Waals surface area contributed by atoms with Crippen molar-refractivity contribution in [2.75, 3.05) is 20.6 Å². The highest BCUT2D eigenvalue weighted by molar-refractivity contribution is 9.10. The molecular weight excluding hydrogens is 353 g/mol. The summed E-state index contributed by atoms with van der Waals surface area (Å²) in [6, 6.07) is 3.56. The van der Waals surface area contributed by atoms with E-state index in [-0.39, 0.29) is 11.9 Å². The Morgan fingerprint density at radius 1 is 1.38 bits per heavy atom. The number of aromatic nitrogens is 2. The molecule has 1 aromatic heterocycles. The second kappa shape index (κ2) is 6.58. The molecule has 1 aromatic carbocycles. The highest BCUT2D eigenvalue weighted by Crippen LogP contribution is 2.28. The lowest BCUT2D eigenvalue weighted by atomic mass is 10.0. The summed E-state index contributed by atoms with van der Waals surface area (Å²) in [6.45, 7) is 5.31. The Morgan fingerprint density at radius 3 is 2.62 bits per heavy atom. The molecule has 3 nitrogen and oxygen atoms in total. The van der Waals surface area contributed by atoms with Crippen molar-refractivity contribution >= 4 is 39.2 Å². The van der Waals surface area contributed by atoms with Gasteiger partial charge in [-0.3, -0.25) is 0 Å². The number of H-pyrrole nitrogens is 1. The summed E-state index contributed by atoms with van der Waals surface area (Å²) in [5.41, 5.74) is 1.69. The molecule has 1 N–H and O–H groups in total. The van der Waals surface area contributed by atoms with E-state index < -0.39 is 0 Å². The normalized spacial score (nSPS) is 13.5. The summed E-state index contributed by atoms with van der Waals surface area (Å²) < 4.78 is 16.9. The van der Waals surface area contributed by atoms with Crippen molar-refractivity contribution in [2.24, 2.45) is 5.92 Å². The fourth-order valence-corrected chi connectivity index (χ4v) is 3.40. The number of nitrogens with zero attached hydrogens (tertiary/aromatic N) is 2. The number of fused-ring (bicyclic) bond motifs is 1. The lowest BCUT2D eigenvalue weighted by molar-refractivity contribution is 0.291. The van der Waals surface area contributed by atoms with Gasteiger partial charge in [0.05, 0.1) is 15.5 Å². The highest BCUT2D eigenvalue weighted by atomic mass is 79.9. The van der Waals surface area contributed by atoms with E-state index in [1.807, 2.05) is 0 Å². The number of rotatable bonds is 5. The zero-order chi connectivity index (χ0) is 15.7. The summed E-state index contributed by atoms with van der Waals surface area (Å²) in [6.07, 6.45) is 1.02. The van der Waals surface area contributed by atoms with Crippen molar-refractivity contribution < 1.29 is 4.39 Å². The number of imidazole rings is 1. The Bertz CT molecular complexity index is 680. The van der Waals surface area contributed by atoms with Gasteiger partial charge in [-0.15, -0.1) is 0 Å². The second-order valence-electron chi connectivity index (χ2n) is 6.13. The molecule has 1 unspecified atom stereocenters. The summed E-state index contributed by atoms with van der Waals surface area (Å²) in [5.74, 6) is 0.282. The van der Waals surface area contributed by atoms with Crippen molar-refractivity contribution in [1.82, 2.24) is 14.5 Å². The van der Waals surface area contributed by atoms with E-state index in [0.29, 0.717) is 15.2 Å². The standard InChI is InChI=1S/C15H21BrFN3S/c1-9(2)5-10(8-19(3)4)20-14-6-11(16)12(17)7-13(14)18-15(20)21/h6-7,9-10H,5,8H2,1-4H3,(H,18,21). The maximum Gasteiger partial charge on any atom is 0.178 e. The molecule has 1 heterocycles. The number of hydrogen-bond acceptors (Lipinski definition) is 2. The van der Waals surface area contributed by atoms with Gasteiger partial charge < -0.3 is 14.5 Å². The fourth-order valence-electron chi connectivity index (χ4n) is 2.71. The molecule has 0 saturated carbocycles. The molecule has 1 atom stereocenters. The molecule has 0 amide bonds. The number of likely N-dealkylation sites (N-methyl/N-ethyl adjacent to an activating group) is 1. The number of hydrogen-bond donors (Lipinski definition) is 1. The third kappa shape index (κ3) is 3.73. The molecule has 0 radical (unpaired) electrons. The van der Waals surface area contributed by atoms with Crippen LogP contribution in [0.2, 0.25) is 0 Å². The van der Waals surface area contributed by atoms with Crippen LogP contribution in [0.15, 0.2) is 16.6 Å². The zero-order valence-corrected chi connectivity index (χ0v) is 15.2. The van der Waals surface area contributed by atoms with Crippen LogP contribution < -0.4 is 0 Å². The van der Waals surface area contributed by atoms with Crippen LogP contribution in [0.25, 0.3) is 11.0 Å². The average Bonchev–Trinajstić information content (AvgIpc) is 2.63. The SMILES string of the molecule is CC(C)CC(CN(C)C)n1c(=S)[nH]c2cc(F)c(Br)cc21. The number of benzene rings is 1. The van der Waals surface area contributed by atoms with E-state index >= 15 is 0 Å². The molecule has 0 saturated heterocycles. The van der Waals surface area contributed by atoms with Crippen LogP contribution in [0.4, 0.5) is 4.39 Å². The first kappa shape index (κ1) is 16.6. The van der Waals surface area contributed by atoms with Gasteiger partial charge >= 0.3 is 0 Å². The molecule has 0 bridgehead atoms. The van der Waals surface area contributed by atoms with Gasteiger partial charge in [0.15, 0.2) is 4.77 Å². The molecule has 2 aromatic rings. The van der Waals surface area contributed by atoms with Crippen LogP contribution in [0.5, 0.6) is 0 Å². The predicted molar refractivity (Wildman–Crippen MR) is 91.8 cm³/mol. The van der Waals surface area contributed by atoms with Gasteiger partial charge in [-0.2, -0.15) is 0 Å². The van der Waals surface area contributed by atoms with E-state index in [2.05, 4.69) is 58.3 Å². The second-order valence-corrected chi connectivity index (χ2v) is 7.37. The number of aromatic amines is 1. The van der Waals surface area contributed by atoms with Crippen LogP contribution in [0, 0.1) is 16.5 Å². The first-order valence-electron chi connectivity index (χ1n) is 7.03. The van der Waals surface area contributed by atoms with Gasteiger partial charge in [-0.1, -0.05) is 13.8 Å². The summed E-state index contributed by atoms with van der Waals surface area (Å²) in [5, 5.41) is 0. The first-order chi connectivity index (χ1) is 9.79. The third-order valence-corrected chi connectivity index (χ3v) is 4.35. The molecule has 6 heteroatoms. The Hall–Kier alpha value is -0.720. The Labute approximate surface area is 138 Å². The fraction of sp³-hybridized carbons (Fsp3) is 0.533. The summed E-state index contributed by atoms with van der Waals surface area (Å²) in [7, 11) is 4.11. The van der Waals surface area contributed by atoms with Gasteiger partial charge in [0.25, 0.3) is 0 Å². The molecule has 0 fully saturated rings. The topological polar surface area (TPSA) is 24.0 Å². The van der Waals surface area contributed by atoms with Gasteiger partial charge in [0.1, 0.15) is 5.82 Å². The van der Waals surface area contributed by atoms with Crippen LogP contribution in [0.3, 0.4) is 0 Å². The quantitative estimate of drug-likeness (QED) is 0.764. The van der Waals surface area contributed by atoms with Gasteiger partial charge in [0.2, 0.25) is 0 Å². The maximum absolute atomic E-state index is 13.7. The smallest absolute Gasteiger partial charge is 0.178 e. The monoisotopic (exact) mass is 373 g/mol. The van der Waals surface area contributed by atoms with Crippen molar-refractivity contribution in [1.29, 1.82) is 0 Å². The lowest BCUT2D eigenvalue weighted by Gasteiger charge is -2.25. The number of halogens is 2. The maximum atomic E-state index is 13.7. The number of nitrogens with one attached hydrogen (secondary N) is 1. The minimum Gasteiger partial charge on any atom is -0.330 e. The molecule has 0 aliphatic heterocycles. The van der Waals surface area contributed by atoms with Crippen molar-refractivity contribution in [3.63, 3.8) is 0 Å². The third-order valence-electron chi connectivity index (χ3n) is 3.44. The molecular formula is C15H21BrFN3S. The minimum absolute atomic E-state index is 0.263. The molecule has 0 spiro atoms. The van der Waals surface area contributed by atoms with Gasteiger partial charge in [-0.25, -0.2) is 4.39 Å². The average molecular weight is 374 g/mol. The van der Waals surface area contributed by atoms with Crippen molar-refractivity contribution in [3.05, 3.63) is 27.2 Å². The van der Waals surface area contributed by atoms with Crippen molar-refractivity contribution in [3.8, 4) is 0 Å². The molecule has 2 rings (SSSR count). The lowest BCUT2D eigenvalue weighted by Crippen LogP contribution is -2.25. The molecule has 0 aliphatic rings. The minimum atomic E-state index is -0.279. The van der Waals surface area contributed by atoms with E-state index in [4.69, 9.17) is 12.2 Å². The Morgan fingerprint density at radius 2 is 2.05 bits per heavy atom. The Kier molecular flexibility index (Phi) is 5.22. The predicted octanol–water partition coefficient (Wildman–Crippen LogP) is 4.75. The van der Waals surface area contributed by atoms with Crippen LogP contribution in [-0.2, 0) is 0 Å². The molecule has 21 heavy (non-hydrogen) atoms.